The first-order valence-corrected chi connectivity index (χ1v) is 12.5. The van der Waals surface area contributed by atoms with Gasteiger partial charge in [0.1, 0.15) is 11.8 Å². The van der Waals surface area contributed by atoms with E-state index >= 15 is 0 Å². The predicted molar refractivity (Wildman–Crippen MR) is 130 cm³/mol. The second-order valence-corrected chi connectivity index (χ2v) is 10.1. The van der Waals surface area contributed by atoms with Crippen LogP contribution in [0, 0.1) is 13.8 Å². The molecule has 1 aliphatic rings. The highest BCUT2D eigenvalue weighted by Gasteiger charge is 2.42. The van der Waals surface area contributed by atoms with Crippen molar-refractivity contribution in [2.45, 2.75) is 31.7 Å². The van der Waals surface area contributed by atoms with Gasteiger partial charge in [0.05, 0.1) is 29.1 Å². The van der Waals surface area contributed by atoms with Crippen LogP contribution in [-0.4, -0.2) is 54.5 Å². The van der Waals surface area contributed by atoms with Gasteiger partial charge in [-0.25, -0.2) is 13.1 Å². The van der Waals surface area contributed by atoms with E-state index in [0.717, 1.165) is 5.69 Å². The number of ether oxygens (including phenoxy) is 1. The Morgan fingerprint density at radius 3 is 2.54 bits per heavy atom. The van der Waals surface area contributed by atoms with Gasteiger partial charge in [0.25, 0.3) is 0 Å². The maximum atomic E-state index is 13.8. The standard InChI is InChI=1S/C24H27N5O5S/c1-15-22(16(2)29(27-15)18-8-6-5-7-9-18)23-24(31)25-12-13-28(23)35(32,33)19-10-11-21(34-4)20(14-19)26-17(3)30/h5-11,14,23H,12-13H2,1-4H3,(H,25,31)(H,26,30). The monoisotopic (exact) mass is 497 g/mol. The molecule has 2 N–H and O–H groups in total. The summed E-state index contributed by atoms with van der Waals surface area (Å²) < 4.78 is 35.8. The number of amides is 2. The Labute approximate surface area is 203 Å². The molecule has 184 valence electrons. The van der Waals surface area contributed by atoms with Crippen molar-refractivity contribution in [3.05, 3.63) is 65.5 Å². The van der Waals surface area contributed by atoms with E-state index in [4.69, 9.17) is 4.74 Å². The van der Waals surface area contributed by atoms with Crippen molar-refractivity contribution in [2.24, 2.45) is 0 Å². The van der Waals surface area contributed by atoms with Crippen LogP contribution in [-0.2, 0) is 19.6 Å². The third-order valence-corrected chi connectivity index (χ3v) is 7.74. The highest BCUT2D eigenvalue weighted by atomic mass is 32.2. The van der Waals surface area contributed by atoms with Crippen LogP contribution in [0.2, 0.25) is 0 Å². The predicted octanol–water partition coefficient (Wildman–Crippen LogP) is 2.32. The topological polar surface area (TPSA) is 123 Å². The van der Waals surface area contributed by atoms with E-state index in [9.17, 15) is 18.0 Å². The first-order chi connectivity index (χ1) is 16.6. The zero-order chi connectivity index (χ0) is 25.3. The number of rotatable bonds is 6. The number of aromatic nitrogens is 2. The quantitative estimate of drug-likeness (QED) is 0.539. The van der Waals surface area contributed by atoms with Crippen LogP contribution in [0.1, 0.15) is 29.9 Å². The molecule has 0 bridgehead atoms. The Balaban J connectivity index is 1.81. The minimum Gasteiger partial charge on any atom is -0.495 e. The number of carbonyl (C=O) groups excluding carboxylic acids is 2. The van der Waals surface area contributed by atoms with Crippen molar-refractivity contribution in [1.29, 1.82) is 0 Å². The summed E-state index contributed by atoms with van der Waals surface area (Å²) in [4.78, 5) is 24.7. The van der Waals surface area contributed by atoms with Gasteiger partial charge in [-0.2, -0.15) is 9.40 Å². The van der Waals surface area contributed by atoms with Gasteiger partial charge in [0.2, 0.25) is 21.8 Å². The number of nitrogens with one attached hydrogen (secondary N) is 2. The molecule has 3 aromatic rings. The molecule has 1 fully saturated rings. The second-order valence-electron chi connectivity index (χ2n) is 8.18. The summed E-state index contributed by atoms with van der Waals surface area (Å²) in [5, 5.41) is 9.98. The van der Waals surface area contributed by atoms with E-state index < -0.39 is 22.0 Å². The lowest BCUT2D eigenvalue weighted by atomic mass is 10.0. The molecule has 0 radical (unpaired) electrons. The fraction of sp³-hybridized carbons (Fsp3) is 0.292. The van der Waals surface area contributed by atoms with E-state index in [-0.39, 0.29) is 29.6 Å². The number of hydrogen-bond donors (Lipinski definition) is 2. The first-order valence-electron chi connectivity index (χ1n) is 11.0. The molecule has 0 saturated carbocycles. The van der Waals surface area contributed by atoms with Crippen LogP contribution in [0.3, 0.4) is 0 Å². The Morgan fingerprint density at radius 2 is 1.89 bits per heavy atom. The van der Waals surface area contributed by atoms with Gasteiger partial charge in [-0.05, 0) is 44.2 Å². The smallest absolute Gasteiger partial charge is 0.244 e. The van der Waals surface area contributed by atoms with Gasteiger partial charge < -0.3 is 15.4 Å². The number of methoxy groups -OCH3 is 1. The van der Waals surface area contributed by atoms with Crippen LogP contribution in [0.15, 0.2) is 53.4 Å². The van der Waals surface area contributed by atoms with Gasteiger partial charge in [0, 0.05) is 31.3 Å². The molecule has 10 nitrogen and oxygen atoms in total. The Bertz CT molecular complexity index is 1380. The number of aryl methyl sites for hydroxylation is 1. The van der Waals surface area contributed by atoms with Crippen molar-refractivity contribution < 1.29 is 22.7 Å². The Morgan fingerprint density at radius 1 is 1.17 bits per heavy atom. The average Bonchev–Trinajstić information content (AvgIpc) is 3.12. The largest absolute Gasteiger partial charge is 0.495 e. The van der Waals surface area contributed by atoms with Crippen molar-refractivity contribution in [3.63, 3.8) is 0 Å². The molecular formula is C24H27N5O5S. The van der Waals surface area contributed by atoms with Crippen molar-refractivity contribution >= 4 is 27.5 Å². The molecule has 4 rings (SSSR count). The summed E-state index contributed by atoms with van der Waals surface area (Å²) in [7, 11) is -2.71. The normalized spacial score (nSPS) is 16.6. The summed E-state index contributed by atoms with van der Waals surface area (Å²) in [6.45, 7) is 5.15. The number of benzene rings is 2. The molecule has 1 aliphatic heterocycles. The van der Waals surface area contributed by atoms with Gasteiger partial charge in [-0.3, -0.25) is 9.59 Å². The highest BCUT2D eigenvalue weighted by molar-refractivity contribution is 7.89. The van der Waals surface area contributed by atoms with Crippen molar-refractivity contribution in [1.82, 2.24) is 19.4 Å². The summed E-state index contributed by atoms with van der Waals surface area (Å²) in [5.41, 5.74) is 2.79. The second kappa shape index (κ2) is 9.51. The van der Waals surface area contributed by atoms with Gasteiger partial charge in [-0.1, -0.05) is 18.2 Å². The SMILES string of the molecule is COc1ccc(S(=O)(=O)N2CCNC(=O)C2c2c(C)nn(-c3ccccc3)c2C)cc1NC(C)=O. The van der Waals surface area contributed by atoms with E-state index in [1.165, 1.54) is 36.5 Å². The van der Waals surface area contributed by atoms with Crippen molar-refractivity contribution in [2.75, 3.05) is 25.5 Å². The lowest BCUT2D eigenvalue weighted by Gasteiger charge is -2.34. The summed E-state index contributed by atoms with van der Waals surface area (Å²) >= 11 is 0. The number of piperazine rings is 1. The number of nitrogens with zero attached hydrogens (tertiary/aromatic N) is 3. The van der Waals surface area contributed by atoms with E-state index in [1.54, 1.807) is 11.6 Å². The third kappa shape index (κ3) is 4.52. The molecule has 2 aromatic carbocycles. The van der Waals surface area contributed by atoms with Crippen molar-refractivity contribution in [3.8, 4) is 11.4 Å². The Hall–Kier alpha value is -3.70. The van der Waals surface area contributed by atoms with Crippen LogP contribution < -0.4 is 15.4 Å². The van der Waals surface area contributed by atoms with Gasteiger partial charge >= 0.3 is 0 Å². The lowest BCUT2D eigenvalue weighted by Crippen LogP contribution is -2.52. The summed E-state index contributed by atoms with van der Waals surface area (Å²) in [6, 6.07) is 12.5. The molecule has 1 unspecified atom stereocenters. The molecule has 0 aliphatic carbocycles. The maximum Gasteiger partial charge on any atom is 0.244 e. The summed E-state index contributed by atoms with van der Waals surface area (Å²) in [5.74, 6) is -0.468. The molecule has 35 heavy (non-hydrogen) atoms. The fourth-order valence-corrected chi connectivity index (χ4v) is 5.91. The molecule has 11 heteroatoms. The molecule has 1 atom stereocenters. The number of anilines is 1. The van der Waals surface area contributed by atoms with Crippen LogP contribution in [0.25, 0.3) is 5.69 Å². The number of para-hydroxylation sites is 1. The Kier molecular flexibility index (Phi) is 6.64. The third-order valence-electron chi connectivity index (χ3n) is 5.88. The fourth-order valence-electron chi connectivity index (χ4n) is 4.32. The van der Waals surface area contributed by atoms with Gasteiger partial charge in [0.15, 0.2) is 0 Å². The minimum absolute atomic E-state index is 0.0625. The molecule has 0 spiro atoms. The molecule has 1 saturated heterocycles. The minimum atomic E-state index is -4.14. The molecule has 1 aromatic heterocycles. The maximum absolute atomic E-state index is 13.8. The molecular weight excluding hydrogens is 470 g/mol. The number of hydrogen-bond acceptors (Lipinski definition) is 6. The first kappa shape index (κ1) is 24.4. The number of carbonyl (C=O) groups is 2. The average molecular weight is 498 g/mol. The molecule has 2 amide bonds. The van der Waals surface area contributed by atoms with Gasteiger partial charge in [-0.15, -0.1) is 0 Å². The summed E-state index contributed by atoms with van der Waals surface area (Å²) in [6.07, 6.45) is 0. The molecule has 2 heterocycles. The zero-order valence-corrected chi connectivity index (χ0v) is 20.7. The van der Waals surface area contributed by atoms with Crippen LogP contribution in [0.5, 0.6) is 5.75 Å². The highest BCUT2D eigenvalue weighted by Crippen LogP contribution is 2.36. The van der Waals surface area contributed by atoms with E-state index in [0.29, 0.717) is 22.7 Å². The van der Waals surface area contributed by atoms with E-state index in [2.05, 4.69) is 15.7 Å². The van der Waals surface area contributed by atoms with Crippen LogP contribution in [0.4, 0.5) is 5.69 Å². The number of sulfonamides is 1. The van der Waals surface area contributed by atoms with Crippen LogP contribution >= 0.6 is 0 Å². The van der Waals surface area contributed by atoms with E-state index in [1.807, 2.05) is 37.3 Å². The zero-order valence-electron chi connectivity index (χ0n) is 19.9. The lowest BCUT2D eigenvalue weighted by molar-refractivity contribution is -0.127.